The van der Waals surface area contributed by atoms with Gasteiger partial charge in [0.1, 0.15) is 5.75 Å². The predicted molar refractivity (Wildman–Crippen MR) is 71.9 cm³/mol. The fourth-order valence-electron chi connectivity index (χ4n) is 1.78. The van der Waals surface area contributed by atoms with Crippen LogP contribution in [0.3, 0.4) is 0 Å². The molecule has 0 aromatic heterocycles. The van der Waals surface area contributed by atoms with E-state index in [1.165, 1.54) is 0 Å². The molecule has 4 N–H and O–H groups in total. The van der Waals surface area contributed by atoms with Crippen molar-refractivity contribution in [2.75, 3.05) is 12.3 Å². The first-order chi connectivity index (χ1) is 8.29. The smallest absolute Gasteiger partial charge is 0.209 e. The summed E-state index contributed by atoms with van der Waals surface area (Å²) in [4.78, 5) is 0. The number of rotatable bonds is 6. The quantitative estimate of drug-likeness (QED) is 0.667. The maximum Gasteiger partial charge on any atom is 0.209 e. The molecule has 0 amide bonds. The van der Waals surface area contributed by atoms with Crippen molar-refractivity contribution >= 4 is 10.0 Å². The molecule has 0 aliphatic heterocycles. The highest BCUT2D eigenvalue weighted by Gasteiger charge is 2.04. The molecule has 0 heterocycles. The maximum atomic E-state index is 10.7. The molecular weight excluding hydrogens is 252 g/mol. The first-order valence-electron chi connectivity index (χ1n) is 5.80. The van der Waals surface area contributed by atoms with Gasteiger partial charge in [-0.05, 0) is 43.5 Å². The number of hydrogen-bond donors (Lipinski definition) is 3. The van der Waals surface area contributed by atoms with Crippen molar-refractivity contribution in [2.24, 2.45) is 5.14 Å². The van der Waals surface area contributed by atoms with E-state index < -0.39 is 10.0 Å². The highest BCUT2D eigenvalue weighted by atomic mass is 32.2. The maximum absolute atomic E-state index is 10.7. The second-order valence-electron chi connectivity index (χ2n) is 4.48. The minimum atomic E-state index is -3.36. The molecular formula is C12H20N2O3S. The minimum Gasteiger partial charge on any atom is -0.507 e. The Bertz CT molecular complexity index is 489. The number of hydrogen-bond acceptors (Lipinski definition) is 4. The molecule has 1 aromatic rings. The van der Waals surface area contributed by atoms with Crippen molar-refractivity contribution in [2.45, 2.75) is 26.8 Å². The molecule has 0 saturated carbocycles. The van der Waals surface area contributed by atoms with E-state index in [0.717, 1.165) is 16.7 Å². The van der Waals surface area contributed by atoms with Gasteiger partial charge in [-0.15, -0.1) is 0 Å². The summed E-state index contributed by atoms with van der Waals surface area (Å²) in [6.07, 6.45) is 0.495. The van der Waals surface area contributed by atoms with Crippen LogP contribution >= 0.6 is 0 Å². The van der Waals surface area contributed by atoms with E-state index in [1.807, 2.05) is 26.0 Å². The molecule has 0 bridgehead atoms. The average Bonchev–Trinajstić information content (AvgIpc) is 2.23. The van der Waals surface area contributed by atoms with Gasteiger partial charge in [0.25, 0.3) is 0 Å². The molecule has 0 radical (unpaired) electrons. The lowest BCUT2D eigenvalue weighted by Crippen LogP contribution is -2.22. The van der Waals surface area contributed by atoms with Gasteiger partial charge in [0.2, 0.25) is 10.0 Å². The number of phenolic OH excluding ortho intramolecular Hbond substituents is 1. The molecule has 0 atom stereocenters. The van der Waals surface area contributed by atoms with E-state index in [2.05, 4.69) is 5.32 Å². The minimum absolute atomic E-state index is 0.00632. The van der Waals surface area contributed by atoms with E-state index in [9.17, 15) is 13.5 Å². The van der Waals surface area contributed by atoms with Crippen LogP contribution in [0.25, 0.3) is 0 Å². The fourth-order valence-corrected chi connectivity index (χ4v) is 2.33. The van der Waals surface area contributed by atoms with Crippen LogP contribution in [0, 0.1) is 13.8 Å². The van der Waals surface area contributed by atoms with Gasteiger partial charge in [-0.3, -0.25) is 0 Å². The Balaban J connectivity index is 2.41. The van der Waals surface area contributed by atoms with Gasteiger partial charge < -0.3 is 10.4 Å². The Hall–Kier alpha value is -1.11. The molecule has 102 valence electrons. The van der Waals surface area contributed by atoms with Crippen molar-refractivity contribution in [1.29, 1.82) is 0 Å². The molecule has 1 rings (SSSR count). The SMILES string of the molecule is Cc1cc(CNCCCS(N)(=O)=O)cc(C)c1O. The molecule has 0 aliphatic rings. The third-order valence-corrected chi connectivity index (χ3v) is 3.52. The van der Waals surface area contributed by atoms with Gasteiger partial charge in [-0.25, -0.2) is 13.6 Å². The topological polar surface area (TPSA) is 92.4 Å². The zero-order chi connectivity index (χ0) is 13.8. The lowest BCUT2D eigenvalue weighted by Gasteiger charge is -2.09. The van der Waals surface area contributed by atoms with Gasteiger partial charge in [0, 0.05) is 6.54 Å². The summed E-state index contributed by atoms with van der Waals surface area (Å²) in [7, 11) is -3.36. The van der Waals surface area contributed by atoms with Crippen LogP contribution in [-0.4, -0.2) is 25.8 Å². The van der Waals surface area contributed by atoms with Gasteiger partial charge >= 0.3 is 0 Å². The molecule has 0 saturated heterocycles. The highest BCUT2D eigenvalue weighted by Crippen LogP contribution is 2.22. The zero-order valence-corrected chi connectivity index (χ0v) is 11.5. The number of primary sulfonamides is 1. The van der Waals surface area contributed by atoms with Gasteiger partial charge in [0.05, 0.1) is 5.75 Å². The monoisotopic (exact) mass is 272 g/mol. The normalized spacial score (nSPS) is 11.7. The Morgan fingerprint density at radius 3 is 2.33 bits per heavy atom. The summed E-state index contributed by atoms with van der Waals surface area (Å²) >= 11 is 0. The van der Waals surface area contributed by atoms with Crippen LogP contribution in [-0.2, 0) is 16.6 Å². The number of sulfonamides is 1. The fraction of sp³-hybridized carbons (Fsp3) is 0.500. The summed E-state index contributed by atoms with van der Waals surface area (Å²) in [5.74, 6) is 0.321. The molecule has 18 heavy (non-hydrogen) atoms. The number of aryl methyl sites for hydroxylation is 2. The molecule has 0 spiro atoms. The number of phenols is 1. The Kier molecular flexibility index (Phi) is 5.13. The van der Waals surface area contributed by atoms with Crippen molar-refractivity contribution < 1.29 is 13.5 Å². The first-order valence-corrected chi connectivity index (χ1v) is 7.51. The predicted octanol–water partition coefficient (Wildman–Crippen LogP) is 0.777. The summed E-state index contributed by atoms with van der Waals surface area (Å²) in [6, 6.07) is 3.82. The van der Waals surface area contributed by atoms with E-state index in [-0.39, 0.29) is 5.75 Å². The van der Waals surface area contributed by atoms with E-state index in [0.29, 0.717) is 25.3 Å². The van der Waals surface area contributed by atoms with Crippen LogP contribution < -0.4 is 10.5 Å². The van der Waals surface area contributed by atoms with E-state index in [4.69, 9.17) is 5.14 Å². The van der Waals surface area contributed by atoms with Crippen LogP contribution in [0.1, 0.15) is 23.1 Å². The lowest BCUT2D eigenvalue weighted by atomic mass is 10.1. The van der Waals surface area contributed by atoms with Crippen LogP contribution in [0.15, 0.2) is 12.1 Å². The number of nitrogens with two attached hydrogens (primary N) is 1. The number of nitrogens with one attached hydrogen (secondary N) is 1. The molecule has 1 aromatic carbocycles. The third-order valence-electron chi connectivity index (χ3n) is 2.66. The van der Waals surface area contributed by atoms with Crippen LogP contribution in [0.2, 0.25) is 0 Å². The molecule has 0 aliphatic carbocycles. The van der Waals surface area contributed by atoms with Crippen molar-refractivity contribution in [3.63, 3.8) is 0 Å². The van der Waals surface area contributed by atoms with Crippen LogP contribution in [0.5, 0.6) is 5.75 Å². The van der Waals surface area contributed by atoms with E-state index in [1.54, 1.807) is 0 Å². The zero-order valence-electron chi connectivity index (χ0n) is 10.7. The van der Waals surface area contributed by atoms with Gasteiger partial charge in [-0.1, -0.05) is 12.1 Å². The second-order valence-corrected chi connectivity index (χ2v) is 6.21. The molecule has 5 nitrogen and oxygen atoms in total. The number of benzene rings is 1. The summed E-state index contributed by atoms with van der Waals surface area (Å²) in [5.41, 5.74) is 2.76. The van der Waals surface area contributed by atoms with Gasteiger partial charge in [0.15, 0.2) is 0 Å². The molecule has 0 unspecified atom stereocenters. The Morgan fingerprint density at radius 1 is 1.28 bits per heavy atom. The van der Waals surface area contributed by atoms with Crippen molar-refractivity contribution in [3.05, 3.63) is 28.8 Å². The van der Waals surface area contributed by atoms with Crippen molar-refractivity contribution in [3.8, 4) is 5.75 Å². The standard InChI is InChI=1S/C12H20N2O3S/c1-9-6-11(7-10(2)12(9)15)8-14-4-3-5-18(13,16)17/h6-7,14-15H,3-5,8H2,1-2H3,(H2,13,16,17). The van der Waals surface area contributed by atoms with Gasteiger partial charge in [-0.2, -0.15) is 0 Å². The Morgan fingerprint density at radius 2 is 1.83 bits per heavy atom. The first kappa shape index (κ1) is 14.9. The lowest BCUT2D eigenvalue weighted by molar-refractivity contribution is 0.466. The largest absolute Gasteiger partial charge is 0.507 e. The second kappa shape index (κ2) is 6.17. The average molecular weight is 272 g/mol. The summed E-state index contributed by atoms with van der Waals surface area (Å²) < 4.78 is 21.4. The van der Waals surface area contributed by atoms with Crippen LogP contribution in [0.4, 0.5) is 0 Å². The summed E-state index contributed by atoms with van der Waals surface area (Å²) in [5, 5.41) is 17.7. The third kappa shape index (κ3) is 5.03. The highest BCUT2D eigenvalue weighted by molar-refractivity contribution is 7.89. The molecule has 6 heteroatoms. The molecule has 0 fully saturated rings. The van der Waals surface area contributed by atoms with E-state index >= 15 is 0 Å². The summed E-state index contributed by atoms with van der Waals surface area (Å²) in [6.45, 7) is 4.95. The number of aromatic hydroxyl groups is 1. The Labute approximate surface area is 108 Å². The van der Waals surface area contributed by atoms with Crippen molar-refractivity contribution in [1.82, 2.24) is 5.32 Å².